The van der Waals surface area contributed by atoms with Crippen LogP contribution < -0.4 is 33.2 Å². The zero-order valence-corrected chi connectivity index (χ0v) is 27.8. The highest BCUT2D eigenvalue weighted by molar-refractivity contribution is 6.30. The van der Waals surface area contributed by atoms with Crippen LogP contribution in [0.5, 0.6) is 0 Å². The number of aliphatic imine (C=N–C) groups is 1. The van der Waals surface area contributed by atoms with Gasteiger partial charge in [-0.25, -0.2) is 4.98 Å². The summed E-state index contributed by atoms with van der Waals surface area (Å²) in [6.45, 7) is 1.57. The number of benzene rings is 2. The summed E-state index contributed by atoms with van der Waals surface area (Å²) >= 11 is 6.08. The molecule has 260 valence electrons. The lowest BCUT2D eigenvalue weighted by Gasteiger charge is -2.37. The van der Waals surface area contributed by atoms with E-state index in [1.165, 1.54) is 24.3 Å². The van der Waals surface area contributed by atoms with E-state index >= 15 is 0 Å². The smallest absolute Gasteiger partial charge is 0.246 e. The van der Waals surface area contributed by atoms with E-state index in [9.17, 15) is 24.0 Å². The van der Waals surface area contributed by atoms with Gasteiger partial charge in [-0.05, 0) is 41.7 Å². The first kappa shape index (κ1) is 36.4. The number of nitrogens with one attached hydrogen (secondary N) is 4. The van der Waals surface area contributed by atoms with Crippen molar-refractivity contribution in [1.82, 2.24) is 30.8 Å². The second-order valence-electron chi connectivity index (χ2n) is 11.8. The minimum atomic E-state index is -1.19. The van der Waals surface area contributed by atoms with E-state index in [0.717, 1.165) is 11.1 Å². The zero-order valence-electron chi connectivity index (χ0n) is 27.0. The number of hydrogen-bond acceptors (Lipinski definition) is 7. The van der Waals surface area contributed by atoms with Gasteiger partial charge in [-0.3, -0.25) is 29.0 Å². The third-order valence-electron chi connectivity index (χ3n) is 8.08. The summed E-state index contributed by atoms with van der Waals surface area (Å²) in [4.78, 5) is 78.7. The van der Waals surface area contributed by atoms with Gasteiger partial charge in [-0.15, -0.1) is 0 Å². The number of fused-ring (bicyclic) bond motifs is 1. The average molecular weight is 693 g/mol. The summed E-state index contributed by atoms with van der Waals surface area (Å²) in [6.07, 6.45) is 3.73. The highest BCUT2D eigenvalue weighted by Crippen LogP contribution is 2.25. The van der Waals surface area contributed by atoms with E-state index < -0.39 is 53.7 Å². The number of halogens is 1. The number of carbonyl (C=O) groups is 5. The third-order valence-corrected chi connectivity index (χ3v) is 8.33. The van der Waals surface area contributed by atoms with Crippen LogP contribution in [-0.2, 0) is 49.8 Å². The summed E-state index contributed by atoms with van der Waals surface area (Å²) in [5.74, 6) is -3.07. The molecule has 0 spiro atoms. The molecule has 4 rings (SSSR count). The molecular weight excluding hydrogens is 652 g/mol. The van der Waals surface area contributed by atoms with Crippen molar-refractivity contribution < 1.29 is 24.0 Å². The quantitative estimate of drug-likeness (QED) is 0.0638. The number of rotatable bonds is 15. The van der Waals surface area contributed by atoms with Gasteiger partial charge in [-0.1, -0.05) is 48.0 Å². The lowest BCUT2D eigenvalue weighted by atomic mass is 9.92. The van der Waals surface area contributed by atoms with Crippen molar-refractivity contribution in [3.05, 3.63) is 88.5 Å². The van der Waals surface area contributed by atoms with Crippen molar-refractivity contribution in [2.24, 2.45) is 22.2 Å². The molecule has 4 atom stereocenters. The Morgan fingerprint density at radius 3 is 2.20 bits per heavy atom. The average Bonchev–Trinajstić information content (AvgIpc) is 3.58. The Hall–Kier alpha value is -5.44. The van der Waals surface area contributed by atoms with Crippen LogP contribution in [0.1, 0.15) is 42.1 Å². The van der Waals surface area contributed by atoms with Gasteiger partial charge in [0.1, 0.15) is 24.2 Å². The molecule has 0 saturated heterocycles. The molecule has 2 aromatic carbocycles. The summed E-state index contributed by atoms with van der Waals surface area (Å²) < 4.78 is 0. The Labute approximate surface area is 288 Å². The number of primary amides is 1. The largest absolute Gasteiger partial charge is 0.370 e. The maximum atomic E-state index is 14.2. The summed E-state index contributed by atoms with van der Waals surface area (Å²) in [5, 5.41) is 8.67. The minimum absolute atomic E-state index is 0.0293. The second kappa shape index (κ2) is 17.1. The molecular formula is C33H41ClN10O5. The normalized spacial score (nSPS) is 15.6. The molecule has 0 aliphatic carbocycles. The first-order valence-corrected chi connectivity index (χ1v) is 16.1. The molecule has 0 radical (unpaired) electrons. The van der Waals surface area contributed by atoms with Crippen molar-refractivity contribution in [1.29, 1.82) is 0 Å². The fraction of sp³-hybridized carbons (Fsp3) is 0.364. The van der Waals surface area contributed by atoms with Gasteiger partial charge in [0.25, 0.3) is 0 Å². The zero-order chi connectivity index (χ0) is 35.5. The number of nitrogens with two attached hydrogens (primary N) is 3. The summed E-state index contributed by atoms with van der Waals surface area (Å²) in [6, 6.07) is 9.87. The van der Waals surface area contributed by atoms with Crippen molar-refractivity contribution in [2.45, 2.75) is 69.7 Å². The maximum absolute atomic E-state index is 14.2. The molecule has 49 heavy (non-hydrogen) atoms. The molecule has 1 aliphatic heterocycles. The minimum Gasteiger partial charge on any atom is -0.370 e. The number of aromatic amines is 1. The van der Waals surface area contributed by atoms with E-state index in [0.29, 0.717) is 22.7 Å². The van der Waals surface area contributed by atoms with E-state index in [4.69, 9.17) is 28.8 Å². The highest BCUT2D eigenvalue weighted by Gasteiger charge is 2.38. The van der Waals surface area contributed by atoms with Crippen LogP contribution in [0.25, 0.3) is 0 Å². The molecule has 2 heterocycles. The molecule has 5 amide bonds. The Kier molecular flexibility index (Phi) is 12.7. The number of hydrogen-bond donors (Lipinski definition) is 7. The Balaban J connectivity index is 1.62. The lowest BCUT2D eigenvalue weighted by Crippen LogP contribution is -2.60. The van der Waals surface area contributed by atoms with Crippen LogP contribution in [0, 0.1) is 0 Å². The first-order chi connectivity index (χ1) is 23.4. The second-order valence-corrected chi connectivity index (χ2v) is 12.2. The van der Waals surface area contributed by atoms with E-state index in [1.54, 1.807) is 24.3 Å². The monoisotopic (exact) mass is 692 g/mol. The molecule has 1 unspecified atom stereocenters. The summed E-state index contributed by atoms with van der Waals surface area (Å²) in [7, 11) is 0. The SMILES string of the molecule is CC(=O)N[C@@H](Cc1cnc[nH]1)C(=O)N[C@H](Cc1ccc(Cl)cc1)C(=O)N[C@@H](CCCN=C(N)N)C(=O)N1Cc2ccccc2CC1C(N)=O. The fourth-order valence-electron chi connectivity index (χ4n) is 5.65. The molecule has 0 saturated carbocycles. The van der Waals surface area contributed by atoms with Crippen LogP contribution in [0.2, 0.25) is 5.02 Å². The van der Waals surface area contributed by atoms with Crippen molar-refractivity contribution in [3.8, 4) is 0 Å². The fourth-order valence-corrected chi connectivity index (χ4v) is 5.78. The number of carbonyl (C=O) groups excluding carboxylic acids is 5. The number of nitrogens with zero attached hydrogens (tertiary/aromatic N) is 3. The predicted octanol–water partition coefficient (Wildman–Crippen LogP) is -0.185. The topological polar surface area (TPSA) is 244 Å². The van der Waals surface area contributed by atoms with Gasteiger partial charge >= 0.3 is 0 Å². The molecule has 0 bridgehead atoms. The Morgan fingerprint density at radius 1 is 0.939 bits per heavy atom. The third kappa shape index (κ3) is 10.5. The Morgan fingerprint density at radius 2 is 1.59 bits per heavy atom. The maximum Gasteiger partial charge on any atom is 0.246 e. The van der Waals surface area contributed by atoms with Gasteiger partial charge in [0.2, 0.25) is 29.5 Å². The molecule has 10 N–H and O–H groups in total. The van der Waals surface area contributed by atoms with Gasteiger partial charge in [0.15, 0.2) is 5.96 Å². The van der Waals surface area contributed by atoms with Crippen molar-refractivity contribution in [2.75, 3.05) is 6.54 Å². The van der Waals surface area contributed by atoms with Crippen LogP contribution in [-0.4, -0.2) is 81.1 Å². The van der Waals surface area contributed by atoms with Gasteiger partial charge < -0.3 is 43.0 Å². The van der Waals surface area contributed by atoms with E-state index in [1.807, 2.05) is 24.3 Å². The number of amides is 5. The molecule has 0 fully saturated rings. The number of aromatic nitrogens is 2. The van der Waals surface area contributed by atoms with Crippen LogP contribution in [0.3, 0.4) is 0 Å². The summed E-state index contributed by atoms with van der Waals surface area (Å²) in [5.41, 5.74) is 19.7. The predicted molar refractivity (Wildman–Crippen MR) is 183 cm³/mol. The highest BCUT2D eigenvalue weighted by atomic mass is 35.5. The molecule has 16 heteroatoms. The number of H-pyrrole nitrogens is 1. The molecule has 3 aromatic rings. The van der Waals surface area contributed by atoms with Crippen molar-refractivity contribution >= 4 is 47.1 Å². The van der Waals surface area contributed by atoms with E-state index in [-0.39, 0.29) is 44.7 Å². The molecule has 1 aromatic heterocycles. The van der Waals surface area contributed by atoms with Gasteiger partial charge in [0.05, 0.1) is 6.33 Å². The number of guanidine groups is 1. The van der Waals surface area contributed by atoms with Gasteiger partial charge in [-0.2, -0.15) is 0 Å². The Bertz CT molecular complexity index is 1660. The molecule has 1 aliphatic rings. The van der Waals surface area contributed by atoms with E-state index in [2.05, 4.69) is 30.9 Å². The van der Waals surface area contributed by atoms with Crippen molar-refractivity contribution in [3.63, 3.8) is 0 Å². The first-order valence-electron chi connectivity index (χ1n) is 15.7. The van der Waals surface area contributed by atoms with Crippen LogP contribution in [0.4, 0.5) is 0 Å². The van der Waals surface area contributed by atoms with Gasteiger partial charge in [0, 0.05) is 56.2 Å². The lowest BCUT2D eigenvalue weighted by molar-refractivity contribution is -0.144. The standard InChI is InChI=1S/C33H41ClN10O5/c1-19(45)41-27(15-24-16-38-18-40-24)31(48)43-26(13-20-8-10-23(34)11-9-20)30(47)42-25(7-4-12-39-33(36)37)32(49)44-17-22-6-3-2-5-21(22)14-28(44)29(35)46/h2-3,5-6,8-11,16,18,25-28H,4,7,12-15,17H2,1H3,(H2,35,46)(H,38,40)(H,41,45)(H,42,47)(H,43,48)(H4,36,37,39)/t25-,26+,27-,28?/m0/s1. The van der Waals surface area contributed by atoms with Crippen LogP contribution >= 0.6 is 11.6 Å². The number of imidazole rings is 1. The van der Waals surface area contributed by atoms with Crippen LogP contribution in [0.15, 0.2) is 66.0 Å². The molecule has 15 nitrogen and oxygen atoms in total.